The first kappa shape index (κ1) is 14.2. The minimum Gasteiger partial charge on any atom is -0.379 e. The predicted octanol–water partition coefficient (Wildman–Crippen LogP) is 3.63. The van der Waals surface area contributed by atoms with Crippen molar-refractivity contribution in [3.05, 3.63) is 32.4 Å². The third kappa shape index (κ3) is 4.20. The van der Waals surface area contributed by atoms with Gasteiger partial charge in [0.25, 0.3) is 0 Å². The topological polar surface area (TPSA) is 21.3 Å². The Bertz CT molecular complexity index is 333. The number of hydrogen-bond acceptors (Lipinski definition) is 2. The van der Waals surface area contributed by atoms with E-state index >= 15 is 0 Å². The van der Waals surface area contributed by atoms with Crippen molar-refractivity contribution in [3.8, 4) is 0 Å². The van der Waals surface area contributed by atoms with Crippen molar-refractivity contribution in [2.45, 2.75) is 19.4 Å². The van der Waals surface area contributed by atoms with Crippen LogP contribution in [0.4, 0.5) is 0 Å². The normalized spacial score (nSPS) is 12.8. The van der Waals surface area contributed by atoms with Crippen molar-refractivity contribution in [2.24, 2.45) is 0 Å². The van der Waals surface area contributed by atoms with Crippen LogP contribution in [0.25, 0.3) is 0 Å². The maximum Gasteiger partial charge on any atom is 0.0661 e. The van der Waals surface area contributed by atoms with Gasteiger partial charge in [0.05, 0.1) is 12.6 Å². The maximum atomic E-state index is 6.01. The number of likely N-dealkylation sites (N-methyl/N-ethyl adjacent to an activating group) is 1. The van der Waals surface area contributed by atoms with Gasteiger partial charge in [0, 0.05) is 15.2 Å². The molecular weight excluding hydrogens is 336 g/mol. The molecule has 2 nitrogen and oxygen atoms in total. The molecule has 0 aliphatic rings. The molecule has 1 atom stereocenters. The quantitative estimate of drug-likeness (QED) is 0.623. The molecule has 0 aliphatic carbocycles. The molecule has 0 amide bonds. The van der Waals surface area contributed by atoms with Gasteiger partial charge in [0.1, 0.15) is 0 Å². The molecule has 4 heteroatoms. The second-order valence-corrected chi connectivity index (χ2v) is 5.18. The lowest BCUT2D eigenvalue weighted by molar-refractivity contribution is 0.114. The fraction of sp³-hybridized carbons (Fsp3) is 0.500. The Hall–Kier alpha value is 0.160. The molecule has 1 aromatic rings. The Morgan fingerprint density at radius 1 is 1.50 bits per heavy atom. The van der Waals surface area contributed by atoms with Crippen LogP contribution in [0.3, 0.4) is 0 Å². The zero-order chi connectivity index (χ0) is 12.0. The van der Waals surface area contributed by atoms with Gasteiger partial charge in [-0.1, -0.05) is 18.5 Å². The Morgan fingerprint density at radius 3 is 2.88 bits per heavy atom. The van der Waals surface area contributed by atoms with Crippen LogP contribution in [0.15, 0.2) is 18.2 Å². The SMILES string of the molecule is CCCOCC(NC)c1cc(Cl)ccc1I. The highest BCUT2D eigenvalue weighted by atomic mass is 127. The molecule has 0 radical (unpaired) electrons. The Balaban J connectivity index is 2.73. The van der Waals surface area contributed by atoms with Crippen molar-refractivity contribution in [3.63, 3.8) is 0 Å². The Morgan fingerprint density at radius 2 is 2.25 bits per heavy atom. The zero-order valence-corrected chi connectivity index (χ0v) is 12.5. The smallest absolute Gasteiger partial charge is 0.0661 e. The lowest BCUT2D eigenvalue weighted by Gasteiger charge is -2.18. The van der Waals surface area contributed by atoms with Crippen molar-refractivity contribution >= 4 is 34.2 Å². The second kappa shape index (κ2) is 7.48. The van der Waals surface area contributed by atoms with Crippen LogP contribution in [0.5, 0.6) is 0 Å². The summed E-state index contributed by atoms with van der Waals surface area (Å²) in [6.07, 6.45) is 1.04. The fourth-order valence-corrected chi connectivity index (χ4v) is 2.35. The lowest BCUT2D eigenvalue weighted by atomic mass is 10.1. The van der Waals surface area contributed by atoms with E-state index in [-0.39, 0.29) is 6.04 Å². The summed E-state index contributed by atoms with van der Waals surface area (Å²) < 4.78 is 6.79. The minimum absolute atomic E-state index is 0.206. The molecular formula is C12H17ClINO. The van der Waals surface area contributed by atoms with E-state index in [9.17, 15) is 0 Å². The predicted molar refractivity (Wildman–Crippen MR) is 77.1 cm³/mol. The molecule has 1 aromatic carbocycles. The maximum absolute atomic E-state index is 6.01. The first-order valence-corrected chi connectivity index (χ1v) is 6.84. The standard InChI is InChI=1S/C12H17ClINO/c1-3-6-16-8-12(15-2)10-7-9(13)4-5-11(10)14/h4-5,7,12,15H,3,6,8H2,1-2H3. The van der Waals surface area contributed by atoms with Gasteiger partial charge in [-0.15, -0.1) is 0 Å². The monoisotopic (exact) mass is 353 g/mol. The summed E-state index contributed by atoms with van der Waals surface area (Å²) in [6, 6.07) is 6.14. The Labute approximate surface area is 116 Å². The summed E-state index contributed by atoms with van der Waals surface area (Å²) in [5.41, 5.74) is 1.20. The molecule has 0 fully saturated rings. The van der Waals surface area contributed by atoms with Crippen LogP contribution in [0.1, 0.15) is 24.9 Å². The number of nitrogens with one attached hydrogen (secondary N) is 1. The first-order valence-electron chi connectivity index (χ1n) is 5.39. The molecule has 0 saturated heterocycles. The number of halogens is 2. The van der Waals surface area contributed by atoms with Crippen LogP contribution < -0.4 is 5.32 Å². The van der Waals surface area contributed by atoms with E-state index < -0.39 is 0 Å². The molecule has 90 valence electrons. The lowest BCUT2D eigenvalue weighted by Crippen LogP contribution is -2.23. The fourth-order valence-electron chi connectivity index (χ4n) is 1.46. The number of benzene rings is 1. The van der Waals surface area contributed by atoms with Gasteiger partial charge < -0.3 is 10.1 Å². The molecule has 1 N–H and O–H groups in total. The van der Waals surface area contributed by atoms with Crippen molar-refractivity contribution in [2.75, 3.05) is 20.3 Å². The zero-order valence-electron chi connectivity index (χ0n) is 9.59. The van der Waals surface area contributed by atoms with Crippen molar-refractivity contribution in [1.82, 2.24) is 5.32 Å². The summed E-state index contributed by atoms with van der Waals surface area (Å²) in [4.78, 5) is 0. The van der Waals surface area contributed by atoms with Gasteiger partial charge in [-0.05, 0) is 59.8 Å². The van der Waals surface area contributed by atoms with E-state index in [0.717, 1.165) is 18.1 Å². The van der Waals surface area contributed by atoms with E-state index in [1.54, 1.807) is 0 Å². The number of ether oxygens (including phenoxy) is 1. The third-order valence-electron chi connectivity index (χ3n) is 2.31. The van der Waals surface area contributed by atoms with Crippen LogP contribution in [-0.4, -0.2) is 20.3 Å². The molecule has 0 saturated carbocycles. The van der Waals surface area contributed by atoms with E-state index in [1.807, 2.05) is 25.2 Å². The van der Waals surface area contributed by atoms with Crippen LogP contribution in [-0.2, 0) is 4.74 Å². The van der Waals surface area contributed by atoms with Crippen LogP contribution >= 0.6 is 34.2 Å². The molecule has 16 heavy (non-hydrogen) atoms. The van der Waals surface area contributed by atoms with E-state index in [1.165, 1.54) is 9.13 Å². The molecule has 0 spiro atoms. The highest BCUT2D eigenvalue weighted by Gasteiger charge is 2.13. The van der Waals surface area contributed by atoms with E-state index in [4.69, 9.17) is 16.3 Å². The minimum atomic E-state index is 0.206. The molecule has 0 aromatic heterocycles. The van der Waals surface area contributed by atoms with Crippen molar-refractivity contribution < 1.29 is 4.74 Å². The van der Waals surface area contributed by atoms with Gasteiger partial charge in [-0.2, -0.15) is 0 Å². The molecule has 0 heterocycles. The first-order chi connectivity index (χ1) is 7.69. The van der Waals surface area contributed by atoms with Gasteiger partial charge in [-0.3, -0.25) is 0 Å². The van der Waals surface area contributed by atoms with E-state index in [0.29, 0.717) is 6.61 Å². The highest BCUT2D eigenvalue weighted by Crippen LogP contribution is 2.24. The van der Waals surface area contributed by atoms with Crippen LogP contribution in [0, 0.1) is 3.57 Å². The average Bonchev–Trinajstić information content (AvgIpc) is 2.28. The summed E-state index contributed by atoms with van der Waals surface area (Å²) in [5.74, 6) is 0. The summed E-state index contributed by atoms with van der Waals surface area (Å²) in [7, 11) is 1.94. The molecule has 1 rings (SSSR count). The van der Waals surface area contributed by atoms with Gasteiger partial charge in [0.15, 0.2) is 0 Å². The number of rotatable bonds is 6. The summed E-state index contributed by atoms with van der Waals surface area (Å²) in [6.45, 7) is 3.59. The van der Waals surface area contributed by atoms with Gasteiger partial charge >= 0.3 is 0 Å². The van der Waals surface area contributed by atoms with Gasteiger partial charge in [0.2, 0.25) is 0 Å². The van der Waals surface area contributed by atoms with Gasteiger partial charge in [-0.25, -0.2) is 0 Å². The summed E-state index contributed by atoms with van der Waals surface area (Å²) >= 11 is 8.33. The number of hydrogen-bond donors (Lipinski definition) is 1. The van der Waals surface area contributed by atoms with E-state index in [2.05, 4.69) is 34.8 Å². The van der Waals surface area contributed by atoms with Crippen molar-refractivity contribution in [1.29, 1.82) is 0 Å². The second-order valence-electron chi connectivity index (χ2n) is 3.58. The molecule has 0 bridgehead atoms. The molecule has 1 unspecified atom stereocenters. The molecule has 0 aliphatic heterocycles. The average molecular weight is 354 g/mol. The Kier molecular flexibility index (Phi) is 6.65. The summed E-state index contributed by atoms with van der Waals surface area (Å²) in [5, 5.41) is 4.03. The van der Waals surface area contributed by atoms with Crippen LogP contribution in [0.2, 0.25) is 5.02 Å². The third-order valence-corrected chi connectivity index (χ3v) is 3.53. The largest absolute Gasteiger partial charge is 0.379 e. The highest BCUT2D eigenvalue weighted by molar-refractivity contribution is 14.1.